The molecule has 0 amide bonds. The second-order valence-corrected chi connectivity index (χ2v) is 3.71. The molecule has 3 rings (SSSR count). The van der Waals surface area contributed by atoms with E-state index in [4.69, 9.17) is 0 Å². The summed E-state index contributed by atoms with van der Waals surface area (Å²) in [5.74, 6) is -0.264. The van der Waals surface area contributed by atoms with Gasteiger partial charge in [-0.1, -0.05) is 29.5 Å². The monoisotopic (exact) mass is 237 g/mol. The lowest BCUT2D eigenvalue weighted by molar-refractivity contribution is -0.276. The van der Waals surface area contributed by atoms with E-state index in [1.54, 1.807) is 30.5 Å². The fraction of sp³-hybridized carbons (Fsp3) is 0. The number of pyridine rings is 1. The molecule has 0 radical (unpaired) electrons. The van der Waals surface area contributed by atoms with Crippen molar-refractivity contribution in [3.05, 3.63) is 54.7 Å². The van der Waals surface area contributed by atoms with Gasteiger partial charge in [-0.05, 0) is 24.3 Å². The van der Waals surface area contributed by atoms with Crippen LogP contribution in [0.1, 0.15) is 0 Å². The lowest BCUT2D eigenvalue weighted by atomic mass is 10.3. The maximum atomic E-state index is 12.2. The van der Waals surface area contributed by atoms with Gasteiger partial charge < -0.3 is 5.11 Å². The van der Waals surface area contributed by atoms with Crippen LogP contribution < -0.4 is 5.11 Å². The Kier molecular flexibility index (Phi) is 2.49. The molecule has 88 valence electrons. The molecule has 1 aromatic carbocycles. The summed E-state index contributed by atoms with van der Waals surface area (Å²) < 4.78 is 1.27. The zero-order valence-electron chi connectivity index (χ0n) is 9.39. The fourth-order valence-electron chi connectivity index (χ4n) is 1.67. The van der Waals surface area contributed by atoms with Gasteiger partial charge in [-0.3, -0.25) is 4.98 Å². The first kappa shape index (κ1) is 10.5. The summed E-state index contributed by atoms with van der Waals surface area (Å²) in [6.45, 7) is 0. The first-order valence-electron chi connectivity index (χ1n) is 5.46. The van der Waals surface area contributed by atoms with Crippen LogP contribution in [0.4, 0.5) is 0 Å². The van der Waals surface area contributed by atoms with E-state index in [9.17, 15) is 5.11 Å². The summed E-state index contributed by atoms with van der Waals surface area (Å²) in [5.41, 5.74) is 1.49. The van der Waals surface area contributed by atoms with Gasteiger partial charge in [0.05, 0.1) is 11.4 Å². The number of aromatic nitrogens is 4. The van der Waals surface area contributed by atoms with Gasteiger partial charge in [0.15, 0.2) is 0 Å². The molecule has 0 atom stereocenters. The van der Waals surface area contributed by atoms with Crippen LogP contribution in [0.25, 0.3) is 17.1 Å². The third kappa shape index (κ3) is 1.71. The van der Waals surface area contributed by atoms with Gasteiger partial charge in [0.25, 0.3) is 0 Å². The average molecular weight is 237 g/mol. The molecular formula is C13H9N4O-. The minimum Gasteiger partial charge on any atom is -0.857 e. The van der Waals surface area contributed by atoms with Crippen molar-refractivity contribution in [1.82, 2.24) is 20.0 Å². The zero-order chi connectivity index (χ0) is 12.4. The Labute approximate surface area is 103 Å². The molecule has 2 heterocycles. The standard InChI is InChI=1S/C13H10N4O/c18-13-12(11-8-4-5-9-14-11)15-16-17(13)10-6-2-1-3-7-10/h1-9,18H/p-1. The number of nitrogens with zero attached hydrogens (tertiary/aromatic N) is 4. The number of para-hydroxylation sites is 1. The van der Waals surface area contributed by atoms with Crippen molar-refractivity contribution < 1.29 is 5.11 Å². The van der Waals surface area contributed by atoms with Crippen LogP contribution >= 0.6 is 0 Å². The topological polar surface area (TPSA) is 66.7 Å². The average Bonchev–Trinajstić information content (AvgIpc) is 2.83. The Balaban J connectivity index is 2.09. The molecule has 0 aliphatic heterocycles. The molecular weight excluding hydrogens is 228 g/mol. The smallest absolute Gasteiger partial charge is 0.124 e. The van der Waals surface area contributed by atoms with Crippen molar-refractivity contribution in [3.63, 3.8) is 0 Å². The molecule has 0 spiro atoms. The number of rotatable bonds is 2. The summed E-state index contributed by atoms with van der Waals surface area (Å²) in [5, 5.41) is 19.9. The van der Waals surface area contributed by atoms with Crippen molar-refractivity contribution in [2.24, 2.45) is 0 Å². The predicted molar refractivity (Wildman–Crippen MR) is 64.0 cm³/mol. The van der Waals surface area contributed by atoms with Crippen molar-refractivity contribution in [2.45, 2.75) is 0 Å². The highest BCUT2D eigenvalue weighted by Gasteiger charge is 2.08. The molecule has 0 bridgehead atoms. The molecule has 0 unspecified atom stereocenters. The predicted octanol–water partition coefficient (Wildman–Crippen LogP) is 1.40. The van der Waals surface area contributed by atoms with Gasteiger partial charge in [-0.2, -0.15) is 0 Å². The van der Waals surface area contributed by atoms with Gasteiger partial charge in [-0.15, -0.1) is 5.10 Å². The minimum atomic E-state index is -0.264. The van der Waals surface area contributed by atoms with Gasteiger partial charge >= 0.3 is 0 Å². The maximum absolute atomic E-state index is 12.2. The van der Waals surface area contributed by atoms with Gasteiger partial charge in [-0.25, -0.2) is 4.68 Å². The minimum absolute atomic E-state index is 0.263. The Morgan fingerprint density at radius 1 is 0.944 bits per heavy atom. The summed E-state index contributed by atoms with van der Waals surface area (Å²) in [6.07, 6.45) is 1.62. The van der Waals surface area contributed by atoms with Crippen LogP contribution in [0.5, 0.6) is 5.88 Å². The molecule has 0 fully saturated rings. The Morgan fingerprint density at radius 3 is 2.44 bits per heavy atom. The molecule has 5 nitrogen and oxygen atoms in total. The molecule has 5 heteroatoms. The van der Waals surface area contributed by atoms with Crippen molar-refractivity contribution in [1.29, 1.82) is 0 Å². The molecule has 2 aromatic heterocycles. The Morgan fingerprint density at radius 2 is 1.72 bits per heavy atom. The molecule has 0 saturated heterocycles. The number of hydrogen-bond donors (Lipinski definition) is 0. The molecule has 0 aliphatic carbocycles. The van der Waals surface area contributed by atoms with Crippen LogP contribution in [0.2, 0.25) is 0 Å². The highest BCUT2D eigenvalue weighted by molar-refractivity contribution is 5.59. The zero-order valence-corrected chi connectivity index (χ0v) is 9.39. The third-order valence-electron chi connectivity index (χ3n) is 2.54. The quantitative estimate of drug-likeness (QED) is 0.675. The van der Waals surface area contributed by atoms with Crippen molar-refractivity contribution in [3.8, 4) is 23.0 Å². The molecule has 0 saturated carbocycles. The van der Waals surface area contributed by atoms with E-state index < -0.39 is 0 Å². The van der Waals surface area contributed by atoms with Crippen LogP contribution in [-0.4, -0.2) is 20.0 Å². The van der Waals surface area contributed by atoms with E-state index in [1.165, 1.54) is 4.68 Å². The van der Waals surface area contributed by atoms with E-state index >= 15 is 0 Å². The molecule has 3 aromatic rings. The SMILES string of the molecule is [O-]c1c(-c2ccccn2)nnn1-c1ccccc1. The molecule has 18 heavy (non-hydrogen) atoms. The number of hydrogen-bond acceptors (Lipinski definition) is 4. The van der Waals surface area contributed by atoms with Crippen molar-refractivity contribution in [2.75, 3.05) is 0 Å². The highest BCUT2D eigenvalue weighted by atomic mass is 16.3. The molecule has 0 aliphatic rings. The van der Waals surface area contributed by atoms with Gasteiger partial charge in [0, 0.05) is 12.1 Å². The Hall–Kier alpha value is -2.69. The van der Waals surface area contributed by atoms with E-state index in [-0.39, 0.29) is 11.6 Å². The van der Waals surface area contributed by atoms with E-state index in [1.807, 2.05) is 24.3 Å². The largest absolute Gasteiger partial charge is 0.857 e. The highest BCUT2D eigenvalue weighted by Crippen LogP contribution is 2.24. The van der Waals surface area contributed by atoms with E-state index in [0.717, 1.165) is 0 Å². The normalized spacial score (nSPS) is 10.4. The maximum Gasteiger partial charge on any atom is 0.124 e. The second-order valence-electron chi connectivity index (χ2n) is 3.71. The first-order valence-corrected chi connectivity index (χ1v) is 5.46. The van der Waals surface area contributed by atoms with Crippen LogP contribution in [0.15, 0.2) is 54.7 Å². The van der Waals surface area contributed by atoms with Crippen LogP contribution in [0, 0.1) is 0 Å². The Bertz CT molecular complexity index is 592. The summed E-state index contributed by atoms with van der Waals surface area (Å²) in [6, 6.07) is 14.5. The fourth-order valence-corrected chi connectivity index (χ4v) is 1.67. The lowest BCUT2D eigenvalue weighted by Crippen LogP contribution is -2.04. The van der Waals surface area contributed by atoms with E-state index in [0.29, 0.717) is 11.4 Å². The first-order chi connectivity index (χ1) is 8.86. The van der Waals surface area contributed by atoms with Crippen LogP contribution in [0.3, 0.4) is 0 Å². The van der Waals surface area contributed by atoms with Crippen LogP contribution in [-0.2, 0) is 0 Å². The van der Waals surface area contributed by atoms with Crippen molar-refractivity contribution >= 4 is 0 Å². The summed E-state index contributed by atoms with van der Waals surface area (Å²) in [7, 11) is 0. The molecule has 0 N–H and O–H groups in total. The second kappa shape index (κ2) is 4.29. The number of benzene rings is 1. The van der Waals surface area contributed by atoms with E-state index in [2.05, 4.69) is 15.3 Å². The summed E-state index contributed by atoms with van der Waals surface area (Å²) >= 11 is 0. The summed E-state index contributed by atoms with van der Waals surface area (Å²) in [4.78, 5) is 4.10. The van der Waals surface area contributed by atoms with Gasteiger partial charge in [0.2, 0.25) is 0 Å². The third-order valence-corrected chi connectivity index (χ3v) is 2.54. The van der Waals surface area contributed by atoms with Gasteiger partial charge in [0.1, 0.15) is 5.69 Å². The lowest BCUT2D eigenvalue weighted by Gasteiger charge is -2.10.